The first-order chi connectivity index (χ1) is 12.5. The van der Waals surface area contributed by atoms with Crippen LogP contribution in [0, 0.1) is 0 Å². The molecule has 1 N–H and O–H groups in total. The Balaban J connectivity index is 1.58. The van der Waals surface area contributed by atoms with Gasteiger partial charge in [-0.2, -0.15) is 0 Å². The van der Waals surface area contributed by atoms with Crippen molar-refractivity contribution in [3.63, 3.8) is 0 Å². The Morgan fingerprint density at radius 2 is 1.88 bits per heavy atom. The maximum Gasteiger partial charge on any atom is 0.349 e. The van der Waals surface area contributed by atoms with Crippen LogP contribution in [-0.4, -0.2) is 12.7 Å². The van der Waals surface area contributed by atoms with Crippen molar-refractivity contribution in [2.24, 2.45) is 0 Å². The van der Waals surface area contributed by atoms with Gasteiger partial charge in [0.05, 0.1) is 5.02 Å². The van der Waals surface area contributed by atoms with Gasteiger partial charge in [0, 0.05) is 17.0 Å². The topological polar surface area (TPSA) is 77.8 Å². The van der Waals surface area contributed by atoms with Crippen molar-refractivity contribution in [1.82, 2.24) is 5.32 Å². The molecule has 0 aliphatic carbocycles. The summed E-state index contributed by atoms with van der Waals surface area (Å²) in [6.45, 7) is 0.387. The highest BCUT2D eigenvalue weighted by Gasteiger charge is 2.17. The molecule has 0 fully saturated rings. The smallest absolute Gasteiger partial charge is 0.349 e. The molecular weight excluding hydrogens is 381 g/mol. The van der Waals surface area contributed by atoms with Gasteiger partial charge in [0.15, 0.2) is 17.1 Å². The van der Waals surface area contributed by atoms with Crippen LogP contribution in [0.15, 0.2) is 45.6 Å². The summed E-state index contributed by atoms with van der Waals surface area (Å²) in [5.74, 6) is 0.713. The Labute approximate surface area is 157 Å². The van der Waals surface area contributed by atoms with Crippen LogP contribution in [0.4, 0.5) is 0 Å². The van der Waals surface area contributed by atoms with E-state index in [2.05, 4.69) is 5.32 Å². The van der Waals surface area contributed by atoms with Crippen LogP contribution in [-0.2, 0) is 6.54 Å². The van der Waals surface area contributed by atoms with Gasteiger partial charge in [0.25, 0.3) is 5.91 Å². The zero-order valence-electron chi connectivity index (χ0n) is 13.2. The van der Waals surface area contributed by atoms with Gasteiger partial charge < -0.3 is 19.2 Å². The highest BCUT2D eigenvalue weighted by molar-refractivity contribution is 6.38. The van der Waals surface area contributed by atoms with E-state index >= 15 is 0 Å². The molecule has 0 atom stereocenters. The summed E-state index contributed by atoms with van der Waals surface area (Å²) >= 11 is 12.0. The van der Waals surface area contributed by atoms with Gasteiger partial charge in [0.2, 0.25) is 6.79 Å². The van der Waals surface area contributed by atoms with Crippen molar-refractivity contribution in [3.05, 3.63) is 68.0 Å². The van der Waals surface area contributed by atoms with Gasteiger partial charge >= 0.3 is 5.63 Å². The van der Waals surface area contributed by atoms with Gasteiger partial charge in [0.1, 0.15) is 5.56 Å². The number of nitrogens with one attached hydrogen (secondary N) is 1. The molecule has 6 nitrogen and oxygen atoms in total. The zero-order chi connectivity index (χ0) is 18.3. The SMILES string of the molecule is O=C(NCc1ccc2c(c1)OCO2)c1cc2cc(Cl)cc(Cl)c2oc1=O. The lowest BCUT2D eigenvalue weighted by atomic mass is 10.1. The van der Waals surface area contributed by atoms with Crippen LogP contribution >= 0.6 is 23.2 Å². The second kappa shape index (κ2) is 6.55. The van der Waals surface area contributed by atoms with E-state index in [0.717, 1.165) is 5.56 Å². The summed E-state index contributed by atoms with van der Waals surface area (Å²) in [6, 6.07) is 9.78. The van der Waals surface area contributed by atoms with Crippen LogP contribution in [0.2, 0.25) is 10.0 Å². The molecule has 2 aromatic carbocycles. The fourth-order valence-electron chi connectivity index (χ4n) is 2.64. The lowest BCUT2D eigenvalue weighted by molar-refractivity contribution is 0.0947. The molecule has 8 heteroatoms. The Morgan fingerprint density at radius 1 is 1.08 bits per heavy atom. The van der Waals surface area contributed by atoms with Crippen molar-refractivity contribution >= 4 is 40.1 Å². The van der Waals surface area contributed by atoms with E-state index in [0.29, 0.717) is 21.9 Å². The standard InChI is InChI=1S/C18H11Cl2NO5/c19-11-4-10-5-12(18(23)26-16(10)13(20)6-11)17(22)21-7-9-1-2-14-15(3-9)25-8-24-14/h1-6H,7-8H2,(H,21,22). The zero-order valence-corrected chi connectivity index (χ0v) is 14.7. The van der Waals surface area contributed by atoms with Gasteiger partial charge in [-0.1, -0.05) is 29.3 Å². The van der Waals surface area contributed by atoms with Crippen LogP contribution < -0.4 is 20.4 Å². The molecule has 0 unspecified atom stereocenters. The van der Waals surface area contributed by atoms with Gasteiger partial charge in [-0.05, 0) is 35.9 Å². The lowest BCUT2D eigenvalue weighted by Crippen LogP contribution is -2.27. The molecule has 1 aliphatic heterocycles. The minimum absolute atomic E-state index is 0.128. The normalized spacial score (nSPS) is 12.4. The first-order valence-electron chi connectivity index (χ1n) is 7.61. The van der Waals surface area contributed by atoms with E-state index in [4.69, 9.17) is 37.1 Å². The largest absolute Gasteiger partial charge is 0.454 e. The molecule has 0 spiro atoms. The van der Waals surface area contributed by atoms with Crippen LogP contribution in [0.1, 0.15) is 15.9 Å². The predicted molar refractivity (Wildman–Crippen MR) is 96.2 cm³/mol. The molecule has 1 aliphatic rings. The number of hydrogen-bond acceptors (Lipinski definition) is 5. The highest BCUT2D eigenvalue weighted by atomic mass is 35.5. The van der Waals surface area contributed by atoms with Gasteiger partial charge in [-0.3, -0.25) is 4.79 Å². The molecule has 1 aromatic heterocycles. The van der Waals surface area contributed by atoms with Crippen molar-refractivity contribution < 1.29 is 18.7 Å². The minimum atomic E-state index is -0.773. The summed E-state index contributed by atoms with van der Waals surface area (Å²) < 4.78 is 15.7. The second-order valence-electron chi connectivity index (χ2n) is 5.62. The van der Waals surface area contributed by atoms with E-state index < -0.39 is 11.5 Å². The van der Waals surface area contributed by atoms with Crippen molar-refractivity contribution in [1.29, 1.82) is 0 Å². The summed E-state index contributed by atoms with van der Waals surface area (Å²) in [7, 11) is 0. The van der Waals surface area contributed by atoms with Crippen LogP contribution in [0.3, 0.4) is 0 Å². The molecule has 0 saturated carbocycles. The lowest BCUT2D eigenvalue weighted by Gasteiger charge is -2.07. The van der Waals surface area contributed by atoms with Gasteiger partial charge in [-0.15, -0.1) is 0 Å². The number of carbonyl (C=O) groups is 1. The number of carbonyl (C=O) groups excluding carboxylic acids is 1. The third kappa shape index (κ3) is 3.09. The molecular formula is C18H11Cl2NO5. The van der Waals surface area contributed by atoms with E-state index in [-0.39, 0.29) is 29.5 Å². The molecule has 132 valence electrons. The van der Waals surface area contributed by atoms with Crippen LogP contribution in [0.5, 0.6) is 11.5 Å². The third-order valence-corrected chi connectivity index (χ3v) is 4.39. The summed E-state index contributed by atoms with van der Waals surface area (Å²) in [5.41, 5.74) is 0.0914. The summed E-state index contributed by atoms with van der Waals surface area (Å²) in [5, 5.41) is 3.73. The molecule has 4 rings (SSSR count). The number of fused-ring (bicyclic) bond motifs is 2. The average Bonchev–Trinajstić information content (AvgIpc) is 3.07. The molecule has 3 aromatic rings. The summed E-state index contributed by atoms with van der Waals surface area (Å²) in [4.78, 5) is 24.5. The van der Waals surface area contributed by atoms with E-state index in [1.165, 1.54) is 12.1 Å². The van der Waals surface area contributed by atoms with Crippen molar-refractivity contribution in [3.8, 4) is 11.5 Å². The Hall–Kier alpha value is -2.70. The van der Waals surface area contributed by atoms with E-state index in [1.54, 1.807) is 24.3 Å². The predicted octanol–water partition coefficient (Wildman–Crippen LogP) is 3.76. The second-order valence-corrected chi connectivity index (χ2v) is 6.47. The molecule has 2 heterocycles. The Bertz CT molecular complexity index is 1090. The van der Waals surface area contributed by atoms with Crippen LogP contribution in [0.25, 0.3) is 11.0 Å². The molecule has 0 bridgehead atoms. The van der Waals surface area contributed by atoms with E-state index in [9.17, 15) is 9.59 Å². The fraction of sp³-hybridized carbons (Fsp3) is 0.111. The summed E-state index contributed by atoms with van der Waals surface area (Å²) in [6.07, 6.45) is 0. The quantitative estimate of drug-likeness (QED) is 0.687. The first-order valence-corrected chi connectivity index (χ1v) is 8.36. The minimum Gasteiger partial charge on any atom is -0.454 e. The first kappa shape index (κ1) is 16.8. The van der Waals surface area contributed by atoms with Crippen molar-refractivity contribution in [2.75, 3.05) is 6.79 Å². The van der Waals surface area contributed by atoms with E-state index in [1.807, 2.05) is 0 Å². The molecule has 1 amide bonds. The molecule has 0 radical (unpaired) electrons. The van der Waals surface area contributed by atoms with Gasteiger partial charge in [-0.25, -0.2) is 4.79 Å². The van der Waals surface area contributed by atoms with Crippen molar-refractivity contribution in [2.45, 2.75) is 6.54 Å². The number of halogens is 2. The maximum atomic E-state index is 12.4. The number of rotatable bonds is 3. The highest BCUT2D eigenvalue weighted by Crippen LogP contribution is 2.32. The number of hydrogen-bond donors (Lipinski definition) is 1. The third-order valence-electron chi connectivity index (χ3n) is 3.89. The maximum absolute atomic E-state index is 12.4. The average molecular weight is 392 g/mol. The fourth-order valence-corrected chi connectivity index (χ4v) is 3.19. The molecule has 26 heavy (non-hydrogen) atoms. The number of amides is 1. The number of benzene rings is 2. The Morgan fingerprint density at radius 3 is 2.73 bits per heavy atom. The monoisotopic (exact) mass is 391 g/mol. The number of ether oxygens (including phenoxy) is 2. The Kier molecular flexibility index (Phi) is 4.22. The molecule has 0 saturated heterocycles.